The predicted molar refractivity (Wildman–Crippen MR) is 111 cm³/mol. The number of hydrogen-bond donors (Lipinski definition) is 4. The van der Waals surface area contributed by atoms with Gasteiger partial charge in [-0.25, -0.2) is 4.79 Å². The fraction of sp³-hybridized carbons (Fsp3) is 0.619. The van der Waals surface area contributed by atoms with Gasteiger partial charge in [0.1, 0.15) is 0 Å². The van der Waals surface area contributed by atoms with E-state index in [1.54, 1.807) is 20.3 Å². The molecule has 1 aromatic rings. The number of benzene rings is 1. The molecule has 2 rings (SSSR count). The number of amides is 3. The topological polar surface area (TPSA) is 120 Å². The van der Waals surface area contributed by atoms with E-state index in [2.05, 4.69) is 10.6 Å². The fourth-order valence-corrected chi connectivity index (χ4v) is 3.45. The van der Waals surface area contributed by atoms with Crippen LogP contribution in [0.1, 0.15) is 32.3 Å². The second-order valence-corrected chi connectivity index (χ2v) is 7.55. The first kappa shape index (κ1) is 23.8. The standard InChI is InChI=1S/C21H33N3O6/c1-5-13(2)16(12-25)22-19(26)11-15-20(27)24(21(28)23-15)9-8-14-6-7-17(29-3)18(10-14)30-4/h6-7,10,13,15-16,20,25,27H,5,8-9,11-12H2,1-4H3,(H,22,26)(H,23,28)/t13-,15+,16-,20+/m0/s1. The van der Waals surface area contributed by atoms with E-state index in [4.69, 9.17) is 9.47 Å². The molecular formula is C21H33N3O6. The average molecular weight is 424 g/mol. The second kappa shape index (κ2) is 11.0. The molecule has 30 heavy (non-hydrogen) atoms. The van der Waals surface area contributed by atoms with Crippen LogP contribution >= 0.6 is 0 Å². The lowest BCUT2D eigenvalue weighted by atomic mass is 9.99. The molecule has 1 heterocycles. The molecule has 0 aliphatic carbocycles. The summed E-state index contributed by atoms with van der Waals surface area (Å²) in [5.41, 5.74) is 0.924. The van der Waals surface area contributed by atoms with E-state index < -0.39 is 18.3 Å². The summed E-state index contributed by atoms with van der Waals surface area (Å²) in [5.74, 6) is 1.01. The Kier molecular flexibility index (Phi) is 8.73. The van der Waals surface area contributed by atoms with Crippen molar-refractivity contribution in [3.05, 3.63) is 23.8 Å². The molecular weight excluding hydrogens is 390 g/mol. The molecule has 1 aromatic carbocycles. The fourth-order valence-electron chi connectivity index (χ4n) is 3.45. The van der Waals surface area contributed by atoms with Gasteiger partial charge < -0.3 is 30.3 Å². The number of carbonyl (C=O) groups is 2. The number of urea groups is 1. The minimum Gasteiger partial charge on any atom is -0.493 e. The number of ether oxygens (including phenoxy) is 2. The van der Waals surface area contributed by atoms with E-state index in [9.17, 15) is 19.8 Å². The van der Waals surface area contributed by atoms with Gasteiger partial charge in [0.05, 0.1) is 39.3 Å². The van der Waals surface area contributed by atoms with E-state index in [-0.39, 0.29) is 37.4 Å². The van der Waals surface area contributed by atoms with Crippen molar-refractivity contribution in [2.75, 3.05) is 27.4 Å². The molecule has 0 spiro atoms. The number of rotatable bonds is 11. The van der Waals surface area contributed by atoms with Gasteiger partial charge in [-0.05, 0) is 30.0 Å². The van der Waals surface area contributed by atoms with Crippen LogP contribution in [0, 0.1) is 5.92 Å². The minimum atomic E-state index is -1.11. The average Bonchev–Trinajstić information content (AvgIpc) is 3.01. The lowest BCUT2D eigenvalue weighted by molar-refractivity contribution is -0.123. The largest absolute Gasteiger partial charge is 0.493 e. The number of aliphatic hydroxyl groups excluding tert-OH is 2. The van der Waals surface area contributed by atoms with Gasteiger partial charge in [-0.1, -0.05) is 26.3 Å². The Hall–Kier alpha value is -2.52. The predicted octanol–water partition coefficient (Wildman–Crippen LogP) is 0.872. The van der Waals surface area contributed by atoms with E-state index in [1.807, 2.05) is 26.0 Å². The monoisotopic (exact) mass is 423 g/mol. The van der Waals surface area contributed by atoms with Crippen LogP contribution in [0.15, 0.2) is 18.2 Å². The smallest absolute Gasteiger partial charge is 0.319 e. The van der Waals surface area contributed by atoms with E-state index in [0.717, 1.165) is 12.0 Å². The Labute approximate surface area is 177 Å². The molecule has 0 saturated carbocycles. The van der Waals surface area contributed by atoms with Crippen LogP contribution in [0.5, 0.6) is 11.5 Å². The molecule has 9 heteroatoms. The Balaban J connectivity index is 1.93. The third-order valence-corrected chi connectivity index (χ3v) is 5.62. The molecule has 1 aliphatic heterocycles. The maximum atomic E-state index is 12.3. The number of nitrogens with one attached hydrogen (secondary N) is 2. The lowest BCUT2D eigenvalue weighted by Crippen LogP contribution is -2.45. The van der Waals surface area contributed by atoms with E-state index in [1.165, 1.54) is 4.90 Å². The molecule has 0 aromatic heterocycles. The quantitative estimate of drug-likeness (QED) is 0.419. The molecule has 0 radical (unpaired) electrons. The summed E-state index contributed by atoms with van der Waals surface area (Å²) in [4.78, 5) is 25.9. The van der Waals surface area contributed by atoms with Gasteiger partial charge in [0.2, 0.25) is 5.91 Å². The highest BCUT2D eigenvalue weighted by atomic mass is 16.5. The van der Waals surface area contributed by atoms with E-state index in [0.29, 0.717) is 17.9 Å². The Morgan fingerprint density at radius 2 is 2.00 bits per heavy atom. The summed E-state index contributed by atoms with van der Waals surface area (Å²) in [6.07, 6.45) is 0.148. The minimum absolute atomic E-state index is 0.0628. The third kappa shape index (κ3) is 5.76. The maximum Gasteiger partial charge on any atom is 0.319 e. The van der Waals surface area contributed by atoms with Crippen molar-refractivity contribution in [1.82, 2.24) is 15.5 Å². The summed E-state index contributed by atoms with van der Waals surface area (Å²) >= 11 is 0. The summed E-state index contributed by atoms with van der Waals surface area (Å²) in [6, 6.07) is 4.01. The van der Waals surface area contributed by atoms with Gasteiger partial charge >= 0.3 is 6.03 Å². The SMILES string of the molecule is CC[C@H](C)[C@H](CO)NC(=O)C[C@H]1NC(=O)N(CCc2ccc(OC)c(OC)c2)[C@@H]1O. The molecule has 1 saturated heterocycles. The summed E-state index contributed by atoms with van der Waals surface area (Å²) in [6.45, 7) is 4.06. The lowest BCUT2D eigenvalue weighted by Gasteiger charge is -2.24. The van der Waals surface area contributed by atoms with Gasteiger partial charge in [-0.2, -0.15) is 0 Å². The summed E-state index contributed by atoms with van der Waals surface area (Å²) in [5, 5.41) is 25.5. The molecule has 1 fully saturated rings. The van der Waals surface area contributed by atoms with Crippen molar-refractivity contribution in [1.29, 1.82) is 0 Å². The van der Waals surface area contributed by atoms with Crippen molar-refractivity contribution in [3.63, 3.8) is 0 Å². The van der Waals surface area contributed by atoms with Crippen LogP contribution in [0.3, 0.4) is 0 Å². The van der Waals surface area contributed by atoms with Gasteiger partial charge in [-0.15, -0.1) is 0 Å². The van der Waals surface area contributed by atoms with Crippen LogP contribution in [-0.2, 0) is 11.2 Å². The zero-order chi connectivity index (χ0) is 22.3. The number of carbonyl (C=O) groups excluding carboxylic acids is 2. The Bertz CT molecular complexity index is 729. The second-order valence-electron chi connectivity index (χ2n) is 7.55. The van der Waals surface area contributed by atoms with Crippen LogP contribution in [0.25, 0.3) is 0 Å². The highest BCUT2D eigenvalue weighted by molar-refractivity contribution is 5.81. The van der Waals surface area contributed by atoms with Crippen LogP contribution < -0.4 is 20.1 Å². The van der Waals surface area contributed by atoms with Gasteiger partial charge in [-0.3, -0.25) is 9.69 Å². The maximum absolute atomic E-state index is 12.3. The number of hydrogen-bond acceptors (Lipinski definition) is 6. The number of nitrogens with zero attached hydrogens (tertiary/aromatic N) is 1. The summed E-state index contributed by atoms with van der Waals surface area (Å²) < 4.78 is 10.5. The van der Waals surface area contributed by atoms with Crippen molar-refractivity contribution >= 4 is 11.9 Å². The molecule has 168 valence electrons. The van der Waals surface area contributed by atoms with Gasteiger partial charge in [0, 0.05) is 6.54 Å². The Morgan fingerprint density at radius 3 is 2.60 bits per heavy atom. The molecule has 4 atom stereocenters. The molecule has 9 nitrogen and oxygen atoms in total. The third-order valence-electron chi connectivity index (χ3n) is 5.62. The zero-order valence-corrected chi connectivity index (χ0v) is 18.1. The number of methoxy groups -OCH3 is 2. The van der Waals surface area contributed by atoms with E-state index >= 15 is 0 Å². The highest BCUT2D eigenvalue weighted by Gasteiger charge is 2.39. The van der Waals surface area contributed by atoms with Gasteiger partial charge in [0.15, 0.2) is 17.7 Å². The normalized spacial score (nSPS) is 20.5. The molecule has 4 N–H and O–H groups in total. The van der Waals surface area contributed by atoms with Crippen LogP contribution in [0.4, 0.5) is 4.79 Å². The van der Waals surface area contributed by atoms with Crippen molar-refractivity contribution in [3.8, 4) is 11.5 Å². The molecule has 3 amide bonds. The van der Waals surface area contributed by atoms with Crippen LogP contribution in [0.2, 0.25) is 0 Å². The number of aliphatic hydroxyl groups is 2. The first-order valence-corrected chi connectivity index (χ1v) is 10.2. The first-order chi connectivity index (χ1) is 14.3. The first-order valence-electron chi connectivity index (χ1n) is 10.2. The summed E-state index contributed by atoms with van der Waals surface area (Å²) in [7, 11) is 3.11. The van der Waals surface area contributed by atoms with Crippen molar-refractivity contribution in [2.24, 2.45) is 5.92 Å². The zero-order valence-electron chi connectivity index (χ0n) is 18.1. The van der Waals surface area contributed by atoms with Crippen molar-refractivity contribution in [2.45, 2.75) is 51.4 Å². The van der Waals surface area contributed by atoms with Crippen molar-refractivity contribution < 1.29 is 29.3 Å². The Morgan fingerprint density at radius 1 is 1.30 bits per heavy atom. The molecule has 0 bridgehead atoms. The highest BCUT2D eigenvalue weighted by Crippen LogP contribution is 2.28. The van der Waals surface area contributed by atoms with Crippen LogP contribution in [-0.4, -0.2) is 72.7 Å². The van der Waals surface area contributed by atoms with Gasteiger partial charge in [0.25, 0.3) is 0 Å². The molecule has 0 unspecified atom stereocenters. The molecule has 1 aliphatic rings.